The topological polar surface area (TPSA) is 75.3 Å². The molecule has 2 N–H and O–H groups in total. The first kappa shape index (κ1) is 13.8. The standard InChI is InChI=1S/C13H21N5OS/c14-13-16-15-11(20-13)12(19)18-8-4-10(5-9-18)17-6-2-1-3-7-17/h10H,1-9H2,(H2,14,16). The van der Waals surface area contributed by atoms with Crippen molar-refractivity contribution in [1.29, 1.82) is 0 Å². The number of nitrogen functional groups attached to an aromatic ring is 1. The van der Waals surface area contributed by atoms with Gasteiger partial charge in [-0.1, -0.05) is 17.8 Å². The number of hydrogen-bond acceptors (Lipinski definition) is 6. The third-order valence-electron chi connectivity index (χ3n) is 4.28. The molecule has 0 aliphatic carbocycles. The molecule has 1 aromatic heterocycles. The van der Waals surface area contributed by atoms with Crippen molar-refractivity contribution in [3.8, 4) is 0 Å². The molecule has 0 spiro atoms. The zero-order valence-electron chi connectivity index (χ0n) is 11.6. The molecule has 3 rings (SSSR count). The van der Waals surface area contributed by atoms with Crippen LogP contribution >= 0.6 is 11.3 Å². The molecule has 0 aromatic carbocycles. The highest BCUT2D eigenvalue weighted by Gasteiger charge is 2.29. The van der Waals surface area contributed by atoms with Crippen molar-refractivity contribution >= 4 is 22.4 Å². The highest BCUT2D eigenvalue weighted by atomic mass is 32.1. The zero-order valence-corrected chi connectivity index (χ0v) is 12.4. The predicted molar refractivity (Wildman–Crippen MR) is 78.7 cm³/mol. The number of likely N-dealkylation sites (tertiary alicyclic amines) is 2. The SMILES string of the molecule is Nc1nnc(C(=O)N2CCC(N3CCCCC3)CC2)s1. The number of aromatic nitrogens is 2. The summed E-state index contributed by atoms with van der Waals surface area (Å²) in [7, 11) is 0. The average molecular weight is 295 g/mol. The van der Waals surface area contributed by atoms with Crippen molar-refractivity contribution in [2.75, 3.05) is 31.9 Å². The molecule has 0 unspecified atom stereocenters. The first-order valence-electron chi connectivity index (χ1n) is 7.36. The van der Waals surface area contributed by atoms with Crippen molar-refractivity contribution in [2.24, 2.45) is 0 Å². The van der Waals surface area contributed by atoms with Crippen molar-refractivity contribution < 1.29 is 4.79 Å². The molecule has 0 radical (unpaired) electrons. The minimum atomic E-state index is -0.0173. The third kappa shape index (κ3) is 2.93. The number of nitrogens with zero attached hydrogens (tertiary/aromatic N) is 4. The monoisotopic (exact) mass is 295 g/mol. The number of nitrogens with two attached hydrogens (primary N) is 1. The highest BCUT2D eigenvalue weighted by molar-refractivity contribution is 7.16. The van der Waals surface area contributed by atoms with E-state index in [1.807, 2.05) is 4.90 Å². The summed E-state index contributed by atoms with van der Waals surface area (Å²) in [5.74, 6) is -0.0173. The third-order valence-corrected chi connectivity index (χ3v) is 5.02. The van der Waals surface area contributed by atoms with Gasteiger partial charge in [-0.05, 0) is 38.8 Å². The Morgan fingerprint density at radius 3 is 2.40 bits per heavy atom. The highest BCUT2D eigenvalue weighted by Crippen LogP contribution is 2.22. The number of piperidine rings is 2. The second kappa shape index (κ2) is 6.05. The summed E-state index contributed by atoms with van der Waals surface area (Å²) in [6.45, 7) is 4.09. The summed E-state index contributed by atoms with van der Waals surface area (Å²) < 4.78 is 0. The van der Waals surface area contributed by atoms with E-state index < -0.39 is 0 Å². The molecule has 7 heteroatoms. The van der Waals surface area contributed by atoms with Crippen molar-refractivity contribution in [1.82, 2.24) is 20.0 Å². The van der Waals surface area contributed by atoms with Gasteiger partial charge in [-0.25, -0.2) is 0 Å². The maximum Gasteiger partial charge on any atom is 0.284 e. The van der Waals surface area contributed by atoms with E-state index in [4.69, 9.17) is 5.73 Å². The molecule has 1 amide bonds. The van der Waals surface area contributed by atoms with Crippen LogP contribution in [0.1, 0.15) is 41.9 Å². The molecule has 0 atom stereocenters. The Morgan fingerprint density at radius 1 is 1.10 bits per heavy atom. The summed E-state index contributed by atoms with van der Waals surface area (Å²) in [4.78, 5) is 16.8. The lowest BCUT2D eigenvalue weighted by Gasteiger charge is -2.40. The molecule has 3 heterocycles. The number of anilines is 1. The summed E-state index contributed by atoms with van der Waals surface area (Å²) >= 11 is 1.17. The molecule has 0 saturated carbocycles. The van der Waals surface area contributed by atoms with Crippen LogP contribution in [0.5, 0.6) is 0 Å². The fourth-order valence-electron chi connectivity index (χ4n) is 3.17. The molecule has 110 valence electrons. The summed E-state index contributed by atoms with van der Waals surface area (Å²) in [5.41, 5.74) is 5.53. The van der Waals surface area contributed by atoms with Crippen LogP contribution in [0.2, 0.25) is 0 Å². The van der Waals surface area contributed by atoms with E-state index >= 15 is 0 Å². The maximum atomic E-state index is 12.3. The Morgan fingerprint density at radius 2 is 1.80 bits per heavy atom. The Hall–Kier alpha value is -1.21. The lowest BCUT2D eigenvalue weighted by molar-refractivity contribution is 0.0589. The maximum absolute atomic E-state index is 12.3. The van der Waals surface area contributed by atoms with Gasteiger partial charge in [0.15, 0.2) is 0 Å². The van der Waals surface area contributed by atoms with Gasteiger partial charge in [0.05, 0.1) is 0 Å². The summed E-state index contributed by atoms with van der Waals surface area (Å²) in [6.07, 6.45) is 6.15. The van der Waals surface area contributed by atoms with Gasteiger partial charge in [0.2, 0.25) is 10.1 Å². The van der Waals surface area contributed by atoms with Gasteiger partial charge in [0.25, 0.3) is 5.91 Å². The normalized spacial score (nSPS) is 22.1. The van der Waals surface area contributed by atoms with Gasteiger partial charge in [-0.3, -0.25) is 4.79 Å². The molecule has 20 heavy (non-hydrogen) atoms. The fraction of sp³-hybridized carbons (Fsp3) is 0.769. The second-order valence-corrected chi connectivity index (χ2v) is 6.57. The van der Waals surface area contributed by atoms with Crippen LogP contribution in [0.15, 0.2) is 0 Å². The molecule has 2 aliphatic heterocycles. The Bertz CT molecular complexity index is 463. The first-order chi connectivity index (χ1) is 9.74. The molecule has 6 nitrogen and oxygen atoms in total. The molecular formula is C13H21N5OS. The van der Waals surface area contributed by atoms with Crippen LogP contribution in [-0.4, -0.2) is 58.1 Å². The van der Waals surface area contributed by atoms with Gasteiger partial charge < -0.3 is 15.5 Å². The van der Waals surface area contributed by atoms with Crippen LogP contribution in [-0.2, 0) is 0 Å². The van der Waals surface area contributed by atoms with E-state index in [1.54, 1.807) is 0 Å². The smallest absolute Gasteiger partial charge is 0.284 e. The van der Waals surface area contributed by atoms with Crippen LogP contribution in [0.3, 0.4) is 0 Å². The molecular weight excluding hydrogens is 274 g/mol. The number of hydrogen-bond donors (Lipinski definition) is 1. The predicted octanol–water partition coefficient (Wildman–Crippen LogP) is 1.21. The summed E-state index contributed by atoms with van der Waals surface area (Å²) in [5, 5.41) is 8.33. The van der Waals surface area contributed by atoms with Crippen molar-refractivity contribution in [2.45, 2.75) is 38.1 Å². The largest absolute Gasteiger partial charge is 0.374 e. The van der Waals surface area contributed by atoms with E-state index in [2.05, 4.69) is 15.1 Å². The number of carbonyl (C=O) groups excluding carboxylic acids is 1. The lowest BCUT2D eigenvalue weighted by atomic mass is 10.00. The Balaban J connectivity index is 1.54. The molecule has 1 aromatic rings. The van der Waals surface area contributed by atoms with Gasteiger partial charge in [-0.2, -0.15) is 0 Å². The fourth-order valence-corrected chi connectivity index (χ4v) is 3.75. The lowest BCUT2D eigenvalue weighted by Crippen LogP contribution is -2.48. The molecule has 2 saturated heterocycles. The Labute approximate surface area is 123 Å². The number of carbonyl (C=O) groups is 1. The van der Waals surface area contributed by atoms with E-state index in [0.717, 1.165) is 25.9 Å². The van der Waals surface area contributed by atoms with Crippen LogP contribution in [0.25, 0.3) is 0 Å². The van der Waals surface area contributed by atoms with E-state index in [0.29, 0.717) is 16.2 Å². The van der Waals surface area contributed by atoms with Crippen molar-refractivity contribution in [3.63, 3.8) is 0 Å². The zero-order chi connectivity index (χ0) is 13.9. The molecule has 0 bridgehead atoms. The minimum Gasteiger partial charge on any atom is -0.374 e. The van der Waals surface area contributed by atoms with E-state index in [1.165, 1.54) is 43.7 Å². The van der Waals surface area contributed by atoms with Crippen molar-refractivity contribution in [3.05, 3.63) is 5.01 Å². The van der Waals surface area contributed by atoms with Crippen LogP contribution in [0.4, 0.5) is 5.13 Å². The quantitative estimate of drug-likeness (QED) is 0.887. The average Bonchev–Trinajstić information content (AvgIpc) is 2.94. The number of rotatable bonds is 2. The van der Waals surface area contributed by atoms with E-state index in [9.17, 15) is 4.79 Å². The van der Waals surface area contributed by atoms with E-state index in [-0.39, 0.29) is 5.91 Å². The van der Waals surface area contributed by atoms with Gasteiger partial charge in [0.1, 0.15) is 0 Å². The number of amides is 1. The molecule has 2 aliphatic rings. The van der Waals surface area contributed by atoms with Gasteiger partial charge in [-0.15, -0.1) is 10.2 Å². The Kier molecular flexibility index (Phi) is 4.16. The second-order valence-electron chi connectivity index (χ2n) is 5.57. The first-order valence-corrected chi connectivity index (χ1v) is 8.18. The van der Waals surface area contributed by atoms with Gasteiger partial charge in [0, 0.05) is 19.1 Å². The van der Waals surface area contributed by atoms with Crippen LogP contribution in [0, 0.1) is 0 Å². The minimum absolute atomic E-state index is 0.0173. The molecule has 2 fully saturated rings. The van der Waals surface area contributed by atoms with Gasteiger partial charge >= 0.3 is 0 Å². The summed E-state index contributed by atoms with van der Waals surface area (Å²) in [6, 6.07) is 0.652. The van der Waals surface area contributed by atoms with Crippen LogP contribution < -0.4 is 5.73 Å².